The predicted molar refractivity (Wildman–Crippen MR) is 233 cm³/mol. The Bertz CT molecular complexity index is 2260. The summed E-state index contributed by atoms with van der Waals surface area (Å²) in [6, 6.07) is 43.4. The zero-order chi connectivity index (χ0) is 38.4. The molecule has 0 spiro atoms. The molecular weight excluding hydrogens is 697 g/mol. The van der Waals surface area contributed by atoms with Crippen molar-refractivity contribution >= 4 is 67.4 Å². The van der Waals surface area contributed by atoms with Crippen LogP contribution in [-0.2, 0) is 18.9 Å². The minimum atomic E-state index is 0.512. The van der Waals surface area contributed by atoms with Crippen LogP contribution in [0.3, 0.4) is 0 Å². The van der Waals surface area contributed by atoms with Gasteiger partial charge in [-0.1, -0.05) is 85.0 Å². The van der Waals surface area contributed by atoms with Gasteiger partial charge in [-0.3, -0.25) is 0 Å². The molecule has 0 N–H and O–H groups in total. The lowest BCUT2D eigenvalue weighted by atomic mass is 9.99. The Labute approximate surface area is 329 Å². The summed E-state index contributed by atoms with van der Waals surface area (Å²) in [5.41, 5.74) is 4.65. The summed E-state index contributed by atoms with van der Waals surface area (Å²) in [6.07, 6.45) is 8.72. The van der Waals surface area contributed by atoms with Crippen LogP contribution in [0.25, 0.3) is 67.4 Å². The fourth-order valence-corrected chi connectivity index (χ4v) is 6.66. The molecule has 0 aromatic heterocycles. The Morgan fingerprint density at radius 2 is 0.607 bits per heavy atom. The molecule has 6 heteroatoms. The normalized spacial score (nSPS) is 11.9. The Morgan fingerprint density at radius 1 is 0.304 bits per heavy atom. The molecule has 0 radical (unpaired) electrons. The summed E-state index contributed by atoms with van der Waals surface area (Å²) in [7, 11) is 0. The molecule has 0 atom stereocenters. The highest BCUT2D eigenvalue weighted by molar-refractivity contribution is 6.00. The van der Waals surface area contributed by atoms with Gasteiger partial charge in [0.1, 0.15) is 24.7 Å². The Morgan fingerprint density at radius 3 is 1.00 bits per heavy atom. The second-order valence-electron chi connectivity index (χ2n) is 13.6. The molecule has 0 bridgehead atoms. The first-order chi connectivity index (χ1) is 27.6. The minimum Gasteiger partial charge on any atom is -0.491 e. The van der Waals surface area contributed by atoms with E-state index in [1.54, 1.807) is 0 Å². The number of ether oxygens (including phenoxy) is 6. The third-order valence-corrected chi connectivity index (χ3v) is 9.60. The van der Waals surface area contributed by atoms with Crippen LogP contribution in [0, 0.1) is 0 Å². The first kappa shape index (κ1) is 38.8. The summed E-state index contributed by atoms with van der Waals surface area (Å²) < 4.78 is 33.5. The number of benzene rings is 7. The maximum Gasteiger partial charge on any atom is 0.120 e. The largest absolute Gasteiger partial charge is 0.491 e. The molecule has 0 saturated carbocycles. The van der Waals surface area contributed by atoms with Gasteiger partial charge in [-0.15, -0.1) is 0 Å². The fourth-order valence-electron chi connectivity index (χ4n) is 6.66. The van der Waals surface area contributed by atoms with Crippen LogP contribution < -0.4 is 9.47 Å². The van der Waals surface area contributed by atoms with Gasteiger partial charge in [0, 0.05) is 13.2 Å². The van der Waals surface area contributed by atoms with E-state index in [0.717, 1.165) is 33.4 Å². The first-order valence-electron chi connectivity index (χ1n) is 19.6. The van der Waals surface area contributed by atoms with Crippen molar-refractivity contribution in [1.82, 2.24) is 0 Å². The van der Waals surface area contributed by atoms with Crippen LogP contribution in [0.1, 0.15) is 36.1 Å². The quantitative estimate of drug-likeness (QED) is 0.0440. The average Bonchev–Trinajstić information content (AvgIpc) is 3.23. The highest BCUT2D eigenvalue weighted by Crippen LogP contribution is 2.28. The van der Waals surface area contributed by atoms with Gasteiger partial charge in [-0.2, -0.15) is 0 Å². The lowest BCUT2D eigenvalue weighted by Crippen LogP contribution is -2.10. The summed E-state index contributed by atoms with van der Waals surface area (Å²) in [5.74, 6) is 1.69. The zero-order valence-corrected chi connectivity index (χ0v) is 32.4. The smallest absolute Gasteiger partial charge is 0.120 e. The van der Waals surface area contributed by atoms with Crippen molar-refractivity contribution in [2.45, 2.75) is 13.8 Å². The third kappa shape index (κ3) is 10.8. The van der Waals surface area contributed by atoms with Gasteiger partial charge in [0.15, 0.2) is 0 Å². The molecule has 0 aliphatic heterocycles. The highest BCUT2D eigenvalue weighted by Gasteiger charge is 2.04. The molecule has 0 heterocycles. The summed E-state index contributed by atoms with van der Waals surface area (Å²) in [6.45, 7) is 9.89. The van der Waals surface area contributed by atoms with E-state index in [1.165, 1.54) is 43.4 Å². The van der Waals surface area contributed by atoms with Crippen molar-refractivity contribution in [2.75, 3.05) is 66.1 Å². The standard InChI is InChI=1S/C50H50O6/c1-3-51-21-23-53-25-27-55-49-19-17-41-29-37(11-15-45(41)35-49)5-7-39-9-13-43-34-48-32-40(10-14-44(48)33-47(43)31-39)8-6-38-12-16-46-36-50(20-18-42(46)30-38)56-28-26-54-24-22-52-4-2/h5-20,29-36H,3-4,21-28H2,1-2H3. The van der Waals surface area contributed by atoms with Gasteiger partial charge < -0.3 is 28.4 Å². The van der Waals surface area contributed by atoms with Gasteiger partial charge >= 0.3 is 0 Å². The highest BCUT2D eigenvalue weighted by atomic mass is 16.5. The molecule has 0 unspecified atom stereocenters. The van der Waals surface area contributed by atoms with Gasteiger partial charge in [0.05, 0.1) is 39.6 Å². The van der Waals surface area contributed by atoms with E-state index in [0.29, 0.717) is 66.1 Å². The van der Waals surface area contributed by atoms with Gasteiger partial charge in [0.25, 0.3) is 0 Å². The predicted octanol–water partition coefficient (Wildman–Crippen LogP) is 11.5. The molecular formula is C50H50O6. The maximum atomic E-state index is 5.89. The van der Waals surface area contributed by atoms with Crippen molar-refractivity contribution in [3.05, 3.63) is 144 Å². The first-order valence-corrected chi connectivity index (χ1v) is 19.6. The topological polar surface area (TPSA) is 55.4 Å². The Kier molecular flexibility index (Phi) is 13.8. The molecule has 56 heavy (non-hydrogen) atoms. The van der Waals surface area contributed by atoms with Crippen LogP contribution in [0.5, 0.6) is 11.5 Å². The minimum absolute atomic E-state index is 0.512. The molecule has 7 rings (SSSR count). The molecule has 7 aromatic carbocycles. The number of hydrogen-bond donors (Lipinski definition) is 0. The molecule has 286 valence electrons. The van der Waals surface area contributed by atoms with E-state index in [1.807, 2.05) is 26.0 Å². The van der Waals surface area contributed by atoms with E-state index >= 15 is 0 Å². The summed E-state index contributed by atoms with van der Waals surface area (Å²) >= 11 is 0. The monoisotopic (exact) mass is 746 g/mol. The Balaban J connectivity index is 0.948. The van der Waals surface area contributed by atoms with E-state index in [9.17, 15) is 0 Å². The maximum absolute atomic E-state index is 5.89. The van der Waals surface area contributed by atoms with Gasteiger partial charge in [0.2, 0.25) is 0 Å². The van der Waals surface area contributed by atoms with Crippen molar-refractivity contribution in [3.8, 4) is 11.5 Å². The Hall–Kier alpha value is -5.50. The molecule has 7 aromatic rings. The van der Waals surface area contributed by atoms with Crippen LogP contribution in [-0.4, -0.2) is 66.1 Å². The van der Waals surface area contributed by atoms with E-state index in [-0.39, 0.29) is 0 Å². The number of fused-ring (bicyclic) bond motifs is 4. The molecule has 0 saturated heterocycles. The lowest BCUT2D eigenvalue weighted by Gasteiger charge is -2.09. The number of hydrogen-bond acceptors (Lipinski definition) is 6. The number of rotatable bonds is 20. The second kappa shape index (κ2) is 19.9. The van der Waals surface area contributed by atoms with Crippen molar-refractivity contribution in [3.63, 3.8) is 0 Å². The lowest BCUT2D eigenvalue weighted by molar-refractivity contribution is 0.0405. The van der Waals surface area contributed by atoms with Crippen molar-refractivity contribution in [1.29, 1.82) is 0 Å². The molecule has 0 amide bonds. The SMILES string of the molecule is CCOCCOCCOc1ccc2cc(C=Cc3ccc4cc5cc(C=Cc6ccc7cc(OCCOCCOCC)ccc7c6)ccc5cc4c3)ccc2c1. The molecule has 6 nitrogen and oxygen atoms in total. The molecule has 0 aliphatic carbocycles. The zero-order valence-electron chi connectivity index (χ0n) is 32.4. The third-order valence-electron chi connectivity index (χ3n) is 9.60. The van der Waals surface area contributed by atoms with Crippen LogP contribution in [0.4, 0.5) is 0 Å². The summed E-state index contributed by atoms with van der Waals surface area (Å²) in [4.78, 5) is 0. The fraction of sp³-hybridized carbons (Fsp3) is 0.240. The van der Waals surface area contributed by atoms with E-state index < -0.39 is 0 Å². The van der Waals surface area contributed by atoms with E-state index in [2.05, 4.69) is 133 Å². The van der Waals surface area contributed by atoms with Gasteiger partial charge in [-0.25, -0.2) is 0 Å². The van der Waals surface area contributed by atoms with E-state index in [4.69, 9.17) is 28.4 Å². The molecule has 0 aliphatic rings. The second-order valence-corrected chi connectivity index (χ2v) is 13.6. The molecule has 0 fully saturated rings. The van der Waals surface area contributed by atoms with Crippen LogP contribution in [0.15, 0.2) is 121 Å². The van der Waals surface area contributed by atoms with Crippen LogP contribution in [0.2, 0.25) is 0 Å². The average molecular weight is 747 g/mol. The van der Waals surface area contributed by atoms with Crippen molar-refractivity contribution in [2.24, 2.45) is 0 Å². The van der Waals surface area contributed by atoms with Gasteiger partial charge in [-0.05, 0) is 140 Å². The summed E-state index contributed by atoms with van der Waals surface area (Å²) in [5, 5.41) is 9.55. The van der Waals surface area contributed by atoms with Crippen LogP contribution >= 0.6 is 0 Å². The van der Waals surface area contributed by atoms with Crippen molar-refractivity contribution < 1.29 is 28.4 Å².